The molecule has 1 amide bonds. The number of benzene rings is 1. The van der Waals surface area contributed by atoms with E-state index in [9.17, 15) is 4.79 Å². The summed E-state index contributed by atoms with van der Waals surface area (Å²) in [5, 5.41) is 3.86. The Labute approximate surface area is 125 Å². The number of halogens is 1. The number of rotatable bonds is 4. The lowest BCUT2D eigenvalue weighted by Crippen LogP contribution is -2.46. The molecule has 20 heavy (non-hydrogen) atoms. The fraction of sp³-hybridized carbons (Fsp3) is 0.533. The molecule has 0 spiro atoms. The summed E-state index contributed by atoms with van der Waals surface area (Å²) in [6.45, 7) is 3.78. The summed E-state index contributed by atoms with van der Waals surface area (Å²) in [5.74, 6) is 0.766. The predicted molar refractivity (Wildman–Crippen MR) is 81.7 cm³/mol. The summed E-state index contributed by atoms with van der Waals surface area (Å²) in [5.41, 5.74) is 0.856. The highest BCUT2D eigenvalue weighted by Gasteiger charge is 2.26. The van der Waals surface area contributed by atoms with Gasteiger partial charge in [0, 0.05) is 18.2 Å². The second-order valence-electron chi connectivity index (χ2n) is 4.92. The largest absolute Gasteiger partial charge is 0.495 e. The fourth-order valence-electron chi connectivity index (χ4n) is 2.60. The molecular weight excluding hydrogens is 276 g/mol. The van der Waals surface area contributed by atoms with Crippen molar-refractivity contribution >= 4 is 23.2 Å². The average Bonchev–Trinajstić information content (AvgIpc) is 2.48. The highest BCUT2D eigenvalue weighted by molar-refractivity contribution is 6.32. The SMILES string of the molecule is CCC(=O)N(c1ccc(OC)c(Cl)c1)C1CCNCC1. The Kier molecular flexibility index (Phi) is 5.26. The van der Waals surface area contributed by atoms with Gasteiger partial charge in [-0.25, -0.2) is 0 Å². The summed E-state index contributed by atoms with van der Waals surface area (Å²) < 4.78 is 5.17. The average molecular weight is 297 g/mol. The van der Waals surface area contributed by atoms with Gasteiger partial charge in [0.2, 0.25) is 5.91 Å². The van der Waals surface area contributed by atoms with E-state index in [0.717, 1.165) is 31.6 Å². The molecular formula is C15H21ClN2O2. The van der Waals surface area contributed by atoms with Crippen molar-refractivity contribution in [1.29, 1.82) is 0 Å². The molecule has 1 fully saturated rings. The quantitative estimate of drug-likeness (QED) is 0.929. The van der Waals surface area contributed by atoms with E-state index >= 15 is 0 Å². The zero-order valence-corrected chi connectivity index (χ0v) is 12.7. The number of hydrogen-bond acceptors (Lipinski definition) is 3. The molecule has 1 heterocycles. The minimum atomic E-state index is 0.137. The van der Waals surface area contributed by atoms with E-state index in [-0.39, 0.29) is 11.9 Å². The van der Waals surface area contributed by atoms with Gasteiger partial charge in [-0.15, -0.1) is 0 Å². The van der Waals surface area contributed by atoms with Gasteiger partial charge in [0.1, 0.15) is 5.75 Å². The normalized spacial score (nSPS) is 15.9. The van der Waals surface area contributed by atoms with Crippen LogP contribution < -0.4 is 15.0 Å². The fourth-order valence-corrected chi connectivity index (χ4v) is 2.85. The first-order valence-electron chi connectivity index (χ1n) is 7.03. The Morgan fingerprint density at radius 1 is 1.45 bits per heavy atom. The van der Waals surface area contributed by atoms with E-state index in [4.69, 9.17) is 16.3 Å². The third-order valence-electron chi connectivity index (χ3n) is 3.66. The second kappa shape index (κ2) is 6.95. The molecule has 0 aliphatic carbocycles. The van der Waals surface area contributed by atoms with Crippen LogP contribution in [0.1, 0.15) is 26.2 Å². The van der Waals surface area contributed by atoms with Crippen molar-refractivity contribution in [3.05, 3.63) is 23.2 Å². The van der Waals surface area contributed by atoms with Gasteiger partial charge in [-0.05, 0) is 44.1 Å². The molecule has 0 unspecified atom stereocenters. The van der Waals surface area contributed by atoms with Crippen molar-refractivity contribution < 1.29 is 9.53 Å². The topological polar surface area (TPSA) is 41.6 Å². The number of carbonyl (C=O) groups is 1. The number of carbonyl (C=O) groups excluding carboxylic acids is 1. The van der Waals surface area contributed by atoms with Crippen LogP contribution >= 0.6 is 11.6 Å². The van der Waals surface area contributed by atoms with Crippen LogP contribution in [0, 0.1) is 0 Å². The summed E-state index contributed by atoms with van der Waals surface area (Å²) in [4.78, 5) is 14.2. The van der Waals surface area contributed by atoms with Crippen LogP contribution in [0.4, 0.5) is 5.69 Å². The van der Waals surface area contributed by atoms with Crippen LogP contribution in [-0.4, -0.2) is 32.1 Å². The zero-order chi connectivity index (χ0) is 14.5. The van der Waals surface area contributed by atoms with Crippen molar-refractivity contribution in [1.82, 2.24) is 5.32 Å². The third kappa shape index (κ3) is 3.25. The Morgan fingerprint density at radius 3 is 2.70 bits per heavy atom. The van der Waals surface area contributed by atoms with E-state index in [1.807, 2.05) is 30.0 Å². The van der Waals surface area contributed by atoms with Crippen LogP contribution in [0.2, 0.25) is 5.02 Å². The molecule has 1 aliphatic rings. The monoisotopic (exact) mass is 296 g/mol. The first-order valence-corrected chi connectivity index (χ1v) is 7.41. The van der Waals surface area contributed by atoms with Crippen LogP contribution in [0.25, 0.3) is 0 Å². The highest BCUT2D eigenvalue weighted by atomic mass is 35.5. The van der Waals surface area contributed by atoms with Crippen molar-refractivity contribution in [2.24, 2.45) is 0 Å². The van der Waals surface area contributed by atoms with E-state index < -0.39 is 0 Å². The maximum absolute atomic E-state index is 12.3. The molecule has 1 saturated heterocycles. The summed E-state index contributed by atoms with van der Waals surface area (Å²) in [7, 11) is 1.59. The van der Waals surface area contributed by atoms with E-state index in [0.29, 0.717) is 17.2 Å². The van der Waals surface area contributed by atoms with Crippen LogP contribution in [0.5, 0.6) is 5.75 Å². The Morgan fingerprint density at radius 2 is 2.15 bits per heavy atom. The molecule has 1 aromatic carbocycles. The van der Waals surface area contributed by atoms with Gasteiger partial charge < -0.3 is 15.0 Å². The van der Waals surface area contributed by atoms with Gasteiger partial charge in [0.15, 0.2) is 0 Å². The molecule has 0 saturated carbocycles. The van der Waals surface area contributed by atoms with Crippen LogP contribution in [-0.2, 0) is 4.79 Å². The molecule has 1 N–H and O–H groups in total. The number of piperidine rings is 1. The van der Waals surface area contributed by atoms with Gasteiger partial charge in [0.05, 0.1) is 12.1 Å². The van der Waals surface area contributed by atoms with Crippen LogP contribution in [0.3, 0.4) is 0 Å². The maximum atomic E-state index is 12.3. The molecule has 1 aromatic rings. The van der Waals surface area contributed by atoms with E-state index in [1.165, 1.54) is 0 Å². The number of hydrogen-bond donors (Lipinski definition) is 1. The lowest BCUT2D eigenvalue weighted by molar-refractivity contribution is -0.118. The molecule has 5 heteroatoms. The lowest BCUT2D eigenvalue weighted by atomic mass is 10.0. The summed E-state index contributed by atoms with van der Waals surface area (Å²) >= 11 is 6.19. The van der Waals surface area contributed by atoms with Crippen molar-refractivity contribution in [3.63, 3.8) is 0 Å². The number of nitrogens with one attached hydrogen (secondary N) is 1. The maximum Gasteiger partial charge on any atom is 0.226 e. The highest BCUT2D eigenvalue weighted by Crippen LogP contribution is 2.31. The standard InChI is InChI=1S/C15H21ClN2O2/c1-3-15(19)18(11-6-8-17-9-7-11)12-4-5-14(20-2)13(16)10-12/h4-5,10-11,17H,3,6-9H2,1-2H3. The van der Waals surface area contributed by atoms with Gasteiger partial charge in [-0.2, -0.15) is 0 Å². The minimum absolute atomic E-state index is 0.137. The van der Waals surface area contributed by atoms with Crippen molar-refractivity contribution in [2.75, 3.05) is 25.1 Å². The molecule has 1 aliphatic heterocycles. The Bertz CT molecular complexity index is 473. The second-order valence-corrected chi connectivity index (χ2v) is 5.32. The smallest absolute Gasteiger partial charge is 0.226 e. The molecule has 2 rings (SSSR count). The molecule has 0 atom stereocenters. The minimum Gasteiger partial charge on any atom is -0.495 e. The molecule has 0 radical (unpaired) electrons. The summed E-state index contributed by atoms with van der Waals surface area (Å²) in [6.07, 6.45) is 2.43. The van der Waals surface area contributed by atoms with Gasteiger partial charge in [0.25, 0.3) is 0 Å². The van der Waals surface area contributed by atoms with Gasteiger partial charge in [-0.1, -0.05) is 18.5 Å². The molecule has 0 bridgehead atoms. The number of amides is 1. The first-order chi connectivity index (χ1) is 9.67. The predicted octanol–water partition coefficient (Wildman–Crippen LogP) is 2.84. The Balaban J connectivity index is 2.30. The van der Waals surface area contributed by atoms with Crippen molar-refractivity contribution in [3.8, 4) is 5.75 Å². The van der Waals surface area contributed by atoms with Crippen molar-refractivity contribution in [2.45, 2.75) is 32.2 Å². The van der Waals surface area contributed by atoms with Crippen LogP contribution in [0.15, 0.2) is 18.2 Å². The lowest BCUT2D eigenvalue weighted by Gasteiger charge is -2.34. The van der Waals surface area contributed by atoms with E-state index in [2.05, 4.69) is 5.32 Å². The number of anilines is 1. The Hall–Kier alpha value is -1.26. The van der Waals surface area contributed by atoms with Gasteiger partial charge >= 0.3 is 0 Å². The van der Waals surface area contributed by atoms with Gasteiger partial charge in [-0.3, -0.25) is 4.79 Å². The molecule has 110 valence electrons. The number of ether oxygens (including phenoxy) is 1. The van der Waals surface area contributed by atoms with E-state index in [1.54, 1.807) is 7.11 Å². The first kappa shape index (κ1) is 15.1. The number of nitrogens with zero attached hydrogens (tertiary/aromatic N) is 1. The molecule has 4 nitrogen and oxygen atoms in total. The third-order valence-corrected chi connectivity index (χ3v) is 3.95. The zero-order valence-electron chi connectivity index (χ0n) is 12.0. The number of methoxy groups -OCH3 is 1. The summed E-state index contributed by atoms with van der Waals surface area (Å²) in [6, 6.07) is 5.78. The molecule has 0 aromatic heterocycles.